The van der Waals surface area contributed by atoms with E-state index in [1.807, 2.05) is 0 Å². The molecule has 0 saturated carbocycles. The van der Waals surface area contributed by atoms with E-state index in [9.17, 15) is 0 Å². The number of allylic oxidation sites excluding steroid dienone is 12. The minimum atomic E-state index is 0.713. The van der Waals surface area contributed by atoms with Gasteiger partial charge in [-0.25, -0.2) is 0 Å². The van der Waals surface area contributed by atoms with Crippen molar-refractivity contribution in [2.75, 3.05) is 0 Å². The Labute approximate surface area is 124 Å². The van der Waals surface area contributed by atoms with Crippen LogP contribution in [0.5, 0.6) is 0 Å². The van der Waals surface area contributed by atoms with Gasteiger partial charge in [-0.3, -0.25) is 0 Å². The summed E-state index contributed by atoms with van der Waals surface area (Å²) in [6.07, 6.45) is 29.7. The number of hydrogen-bond donors (Lipinski definition) is 0. The van der Waals surface area contributed by atoms with Gasteiger partial charge in [0.1, 0.15) is 0 Å². The van der Waals surface area contributed by atoms with Gasteiger partial charge in [-0.05, 0) is 50.0 Å². The van der Waals surface area contributed by atoms with Crippen molar-refractivity contribution >= 4 is 0 Å². The minimum Gasteiger partial charge on any atom is -0.0842 e. The fourth-order valence-corrected chi connectivity index (χ4v) is 2.55. The largest absolute Gasteiger partial charge is 0.0842 e. The lowest BCUT2D eigenvalue weighted by Crippen LogP contribution is -1.86. The van der Waals surface area contributed by atoms with Crippen LogP contribution in [0.25, 0.3) is 0 Å². The molecular formula is C20H26. The third-order valence-electron chi connectivity index (χ3n) is 3.89. The molecule has 0 amide bonds. The quantitative estimate of drug-likeness (QED) is 0.530. The zero-order chi connectivity index (χ0) is 14.0. The van der Waals surface area contributed by atoms with Crippen LogP contribution in [0.2, 0.25) is 0 Å². The summed E-state index contributed by atoms with van der Waals surface area (Å²) >= 11 is 0. The van der Waals surface area contributed by atoms with Crippen molar-refractivity contribution in [2.45, 2.75) is 45.4 Å². The topological polar surface area (TPSA) is 0 Å². The van der Waals surface area contributed by atoms with E-state index in [4.69, 9.17) is 0 Å². The maximum absolute atomic E-state index is 2.34. The van der Waals surface area contributed by atoms with Crippen LogP contribution in [-0.4, -0.2) is 0 Å². The predicted octanol–water partition coefficient (Wildman–Crippen LogP) is 6.07. The third-order valence-corrected chi connectivity index (χ3v) is 3.89. The molecule has 2 rings (SSSR count). The summed E-state index contributed by atoms with van der Waals surface area (Å²) in [6, 6.07) is 0. The molecule has 1 unspecified atom stereocenters. The molecule has 0 aromatic carbocycles. The van der Waals surface area contributed by atoms with Crippen LogP contribution in [0.15, 0.2) is 71.9 Å². The first-order valence-electron chi connectivity index (χ1n) is 7.91. The highest BCUT2D eigenvalue weighted by molar-refractivity contribution is 5.33. The van der Waals surface area contributed by atoms with Crippen LogP contribution in [0.1, 0.15) is 45.4 Å². The van der Waals surface area contributed by atoms with E-state index in [0.29, 0.717) is 5.92 Å². The molecular weight excluding hydrogens is 240 g/mol. The molecule has 20 heavy (non-hydrogen) atoms. The average molecular weight is 266 g/mol. The first-order chi connectivity index (χ1) is 9.84. The molecule has 0 aromatic rings. The van der Waals surface area contributed by atoms with Crippen LogP contribution in [-0.2, 0) is 0 Å². The second kappa shape index (κ2) is 8.58. The Kier molecular flexibility index (Phi) is 6.37. The zero-order valence-corrected chi connectivity index (χ0v) is 12.6. The Balaban J connectivity index is 1.71. The van der Waals surface area contributed by atoms with Crippen molar-refractivity contribution in [1.29, 1.82) is 0 Å². The van der Waals surface area contributed by atoms with Gasteiger partial charge in [-0.2, -0.15) is 0 Å². The van der Waals surface area contributed by atoms with Gasteiger partial charge in [0, 0.05) is 0 Å². The molecule has 2 aliphatic rings. The molecule has 0 fully saturated rings. The minimum absolute atomic E-state index is 0.713. The lowest BCUT2D eigenvalue weighted by atomic mass is 10.0. The lowest BCUT2D eigenvalue weighted by molar-refractivity contribution is 0.662. The zero-order valence-electron chi connectivity index (χ0n) is 12.6. The lowest BCUT2D eigenvalue weighted by Gasteiger charge is -2.06. The third kappa shape index (κ3) is 5.61. The van der Waals surface area contributed by atoms with Gasteiger partial charge in [-0.1, -0.05) is 73.3 Å². The summed E-state index contributed by atoms with van der Waals surface area (Å²) in [5.41, 5.74) is 2.93. The number of hydrogen-bond acceptors (Lipinski definition) is 0. The van der Waals surface area contributed by atoms with Gasteiger partial charge in [0.15, 0.2) is 0 Å². The highest BCUT2D eigenvalue weighted by Crippen LogP contribution is 2.18. The maximum Gasteiger partial charge on any atom is -0.0256 e. The summed E-state index contributed by atoms with van der Waals surface area (Å²) in [5, 5.41) is 0. The van der Waals surface area contributed by atoms with Crippen LogP contribution < -0.4 is 0 Å². The second-order valence-corrected chi connectivity index (χ2v) is 5.74. The first kappa shape index (κ1) is 14.8. The predicted molar refractivity (Wildman–Crippen MR) is 89.6 cm³/mol. The fraction of sp³-hybridized carbons (Fsp3) is 0.400. The van der Waals surface area contributed by atoms with Crippen LogP contribution >= 0.6 is 0 Å². The van der Waals surface area contributed by atoms with E-state index in [1.54, 1.807) is 5.57 Å². The van der Waals surface area contributed by atoms with Gasteiger partial charge < -0.3 is 0 Å². The Hall–Kier alpha value is -1.56. The van der Waals surface area contributed by atoms with Crippen molar-refractivity contribution in [2.24, 2.45) is 5.92 Å². The molecule has 0 heterocycles. The molecule has 0 nitrogen and oxygen atoms in total. The van der Waals surface area contributed by atoms with E-state index in [2.05, 4.69) is 67.7 Å². The van der Waals surface area contributed by atoms with E-state index in [1.165, 1.54) is 37.7 Å². The van der Waals surface area contributed by atoms with Crippen LogP contribution in [0, 0.1) is 5.92 Å². The van der Waals surface area contributed by atoms with Crippen molar-refractivity contribution in [3.05, 3.63) is 71.9 Å². The van der Waals surface area contributed by atoms with Crippen LogP contribution in [0.3, 0.4) is 0 Å². The summed E-state index contributed by atoms with van der Waals surface area (Å²) in [6.45, 7) is 2.28. The SMILES string of the molecule is CC1C=CC(/C=C/C=C/CCC2=CC=CCC2)=CCC1. The average Bonchev–Trinajstić information content (AvgIpc) is 2.68. The second-order valence-electron chi connectivity index (χ2n) is 5.74. The van der Waals surface area contributed by atoms with Crippen LogP contribution in [0.4, 0.5) is 0 Å². The van der Waals surface area contributed by atoms with Gasteiger partial charge in [-0.15, -0.1) is 0 Å². The fourth-order valence-electron chi connectivity index (χ4n) is 2.55. The highest BCUT2D eigenvalue weighted by atomic mass is 14.1. The Morgan fingerprint density at radius 1 is 1.25 bits per heavy atom. The van der Waals surface area contributed by atoms with Gasteiger partial charge in [0.05, 0.1) is 0 Å². The summed E-state index contributed by atoms with van der Waals surface area (Å²) in [4.78, 5) is 0. The Bertz CT molecular complexity index is 466. The van der Waals surface area contributed by atoms with Gasteiger partial charge >= 0.3 is 0 Å². The van der Waals surface area contributed by atoms with Gasteiger partial charge in [0.2, 0.25) is 0 Å². The summed E-state index contributed by atoms with van der Waals surface area (Å²) < 4.78 is 0. The molecule has 0 heteroatoms. The molecule has 0 aromatic heterocycles. The Morgan fingerprint density at radius 2 is 2.20 bits per heavy atom. The number of rotatable bonds is 5. The summed E-state index contributed by atoms with van der Waals surface area (Å²) in [5.74, 6) is 0.713. The van der Waals surface area contributed by atoms with Crippen molar-refractivity contribution in [1.82, 2.24) is 0 Å². The molecule has 106 valence electrons. The molecule has 0 bridgehead atoms. The standard InChI is InChI=1S/C20H26/c1-18-10-9-15-20(17-16-18)14-6-3-2-5-11-19-12-7-4-8-13-19/h2-4,6-7,12,14-18H,5,8-11,13H2,1H3/b3-2+,14-6+. The Morgan fingerprint density at radius 3 is 3.05 bits per heavy atom. The van der Waals surface area contributed by atoms with Crippen molar-refractivity contribution in [3.8, 4) is 0 Å². The monoisotopic (exact) mass is 266 g/mol. The van der Waals surface area contributed by atoms with E-state index in [0.717, 1.165) is 6.42 Å². The molecule has 0 aliphatic heterocycles. The smallest absolute Gasteiger partial charge is 0.0256 e. The molecule has 0 N–H and O–H groups in total. The molecule has 1 atom stereocenters. The maximum atomic E-state index is 2.34. The molecule has 2 aliphatic carbocycles. The molecule has 0 radical (unpaired) electrons. The van der Waals surface area contributed by atoms with Crippen molar-refractivity contribution < 1.29 is 0 Å². The van der Waals surface area contributed by atoms with Gasteiger partial charge in [0.25, 0.3) is 0 Å². The molecule has 0 saturated heterocycles. The van der Waals surface area contributed by atoms with E-state index < -0.39 is 0 Å². The normalized spacial score (nSPS) is 23.1. The van der Waals surface area contributed by atoms with Crippen molar-refractivity contribution in [3.63, 3.8) is 0 Å². The van der Waals surface area contributed by atoms with E-state index in [-0.39, 0.29) is 0 Å². The molecule has 0 spiro atoms. The van der Waals surface area contributed by atoms with E-state index >= 15 is 0 Å². The highest BCUT2D eigenvalue weighted by Gasteiger charge is 2.00. The first-order valence-corrected chi connectivity index (χ1v) is 7.91. The summed E-state index contributed by atoms with van der Waals surface area (Å²) in [7, 11) is 0.